The van der Waals surface area contributed by atoms with E-state index in [0.717, 1.165) is 12.8 Å². The van der Waals surface area contributed by atoms with Crippen LogP contribution in [0.15, 0.2) is 36.7 Å². The minimum absolute atomic E-state index is 0.254. The summed E-state index contributed by atoms with van der Waals surface area (Å²) in [5.41, 5.74) is 1.19. The maximum atomic E-state index is 12.0. The number of carbonyl (C=O) groups is 2. The molecule has 126 valence electrons. The van der Waals surface area contributed by atoms with Crippen LogP contribution in [0.25, 0.3) is 0 Å². The Morgan fingerprint density at radius 2 is 2.00 bits per heavy atom. The van der Waals surface area contributed by atoms with Crippen LogP contribution in [0.5, 0.6) is 0 Å². The number of hydrogen-bond donors (Lipinski definition) is 2. The van der Waals surface area contributed by atoms with Gasteiger partial charge in [-0.1, -0.05) is 25.5 Å². The first-order valence-electron chi connectivity index (χ1n) is 7.70. The molecule has 24 heavy (non-hydrogen) atoms. The van der Waals surface area contributed by atoms with Crippen molar-refractivity contribution in [3.8, 4) is 0 Å². The van der Waals surface area contributed by atoms with Crippen LogP contribution in [0, 0.1) is 0 Å². The van der Waals surface area contributed by atoms with Crippen molar-refractivity contribution in [1.82, 2.24) is 15.3 Å². The standard InChI is InChI=1S/C17H20N4O3/c1-3-4-9-18-16(22)14-10-15(20-11-19-14)21-13-8-6-5-7-12(13)17(23)24-2/h5-8,10-11H,3-4,9H2,1-2H3,(H,18,22)(H,19,20,21). The van der Waals surface area contributed by atoms with E-state index in [2.05, 4.69) is 27.5 Å². The van der Waals surface area contributed by atoms with E-state index in [1.807, 2.05) is 0 Å². The summed E-state index contributed by atoms with van der Waals surface area (Å²) in [4.78, 5) is 31.9. The summed E-state index contributed by atoms with van der Waals surface area (Å²) in [6, 6.07) is 8.44. The van der Waals surface area contributed by atoms with Crippen LogP contribution in [0.1, 0.15) is 40.6 Å². The van der Waals surface area contributed by atoms with Gasteiger partial charge in [-0.3, -0.25) is 4.79 Å². The Bertz CT molecular complexity index is 718. The number of benzene rings is 1. The zero-order valence-electron chi connectivity index (χ0n) is 13.7. The van der Waals surface area contributed by atoms with Gasteiger partial charge in [0, 0.05) is 12.6 Å². The second-order valence-corrected chi connectivity index (χ2v) is 5.06. The Labute approximate surface area is 140 Å². The number of hydrogen-bond acceptors (Lipinski definition) is 6. The van der Waals surface area contributed by atoms with Gasteiger partial charge in [0.25, 0.3) is 5.91 Å². The molecule has 0 aliphatic rings. The van der Waals surface area contributed by atoms with Gasteiger partial charge in [-0.15, -0.1) is 0 Å². The Balaban J connectivity index is 2.15. The zero-order valence-corrected chi connectivity index (χ0v) is 13.7. The molecule has 0 saturated heterocycles. The third-order valence-corrected chi connectivity index (χ3v) is 3.31. The van der Waals surface area contributed by atoms with Gasteiger partial charge < -0.3 is 15.4 Å². The molecule has 0 fully saturated rings. The van der Waals surface area contributed by atoms with Crippen LogP contribution < -0.4 is 10.6 Å². The van der Waals surface area contributed by atoms with Gasteiger partial charge in [-0.25, -0.2) is 14.8 Å². The first-order chi connectivity index (χ1) is 11.7. The number of anilines is 2. The van der Waals surface area contributed by atoms with Crippen LogP contribution in [-0.2, 0) is 4.74 Å². The minimum atomic E-state index is -0.454. The maximum Gasteiger partial charge on any atom is 0.339 e. The van der Waals surface area contributed by atoms with Gasteiger partial charge >= 0.3 is 5.97 Å². The van der Waals surface area contributed by atoms with Gasteiger partial charge in [0.15, 0.2) is 0 Å². The summed E-state index contributed by atoms with van der Waals surface area (Å²) in [5.74, 6) is -0.290. The van der Waals surface area contributed by atoms with E-state index in [4.69, 9.17) is 4.74 Å². The molecule has 0 bridgehead atoms. The summed E-state index contributed by atoms with van der Waals surface area (Å²) < 4.78 is 4.76. The van der Waals surface area contributed by atoms with Crippen LogP contribution in [0.4, 0.5) is 11.5 Å². The third kappa shape index (κ3) is 4.52. The Kier molecular flexibility index (Phi) is 6.24. The summed E-state index contributed by atoms with van der Waals surface area (Å²) in [7, 11) is 1.32. The van der Waals surface area contributed by atoms with Gasteiger partial charge in [0.2, 0.25) is 0 Å². The number of para-hydroxylation sites is 1. The zero-order chi connectivity index (χ0) is 17.4. The van der Waals surface area contributed by atoms with Gasteiger partial charge in [-0.05, 0) is 18.6 Å². The average molecular weight is 328 g/mol. The van der Waals surface area contributed by atoms with Crippen LogP contribution in [0.2, 0.25) is 0 Å². The van der Waals surface area contributed by atoms with E-state index in [1.165, 1.54) is 19.5 Å². The van der Waals surface area contributed by atoms with Crippen molar-refractivity contribution < 1.29 is 14.3 Å². The number of rotatable bonds is 7. The maximum absolute atomic E-state index is 12.0. The first kappa shape index (κ1) is 17.4. The number of carbonyl (C=O) groups excluding carboxylic acids is 2. The number of amides is 1. The molecule has 2 rings (SSSR count). The number of nitrogens with zero attached hydrogens (tertiary/aromatic N) is 2. The molecule has 0 spiro atoms. The largest absolute Gasteiger partial charge is 0.465 e. The van der Waals surface area contributed by atoms with Crippen molar-refractivity contribution in [3.63, 3.8) is 0 Å². The molecule has 2 aromatic rings. The molecular weight excluding hydrogens is 308 g/mol. The smallest absolute Gasteiger partial charge is 0.339 e. The van der Waals surface area contributed by atoms with Crippen molar-refractivity contribution in [3.05, 3.63) is 47.9 Å². The lowest BCUT2D eigenvalue weighted by molar-refractivity contribution is 0.0601. The van der Waals surface area contributed by atoms with Gasteiger partial charge in [-0.2, -0.15) is 0 Å². The minimum Gasteiger partial charge on any atom is -0.465 e. The van der Waals surface area contributed by atoms with Crippen molar-refractivity contribution in [2.24, 2.45) is 0 Å². The van der Waals surface area contributed by atoms with Crippen molar-refractivity contribution in [1.29, 1.82) is 0 Å². The molecule has 0 atom stereocenters. The van der Waals surface area contributed by atoms with E-state index < -0.39 is 5.97 Å². The van der Waals surface area contributed by atoms with Crippen molar-refractivity contribution >= 4 is 23.4 Å². The highest BCUT2D eigenvalue weighted by atomic mass is 16.5. The predicted molar refractivity (Wildman–Crippen MR) is 90.3 cm³/mol. The summed E-state index contributed by atoms with van der Waals surface area (Å²) in [5, 5.41) is 5.82. The van der Waals surface area contributed by atoms with E-state index in [0.29, 0.717) is 23.6 Å². The highest BCUT2D eigenvalue weighted by molar-refractivity contribution is 5.96. The monoisotopic (exact) mass is 328 g/mol. The third-order valence-electron chi connectivity index (χ3n) is 3.31. The number of esters is 1. The van der Waals surface area contributed by atoms with Crippen molar-refractivity contribution in [2.45, 2.75) is 19.8 Å². The van der Waals surface area contributed by atoms with Gasteiger partial charge in [0.1, 0.15) is 17.8 Å². The molecule has 0 radical (unpaired) electrons. The molecule has 0 aliphatic heterocycles. The highest BCUT2D eigenvalue weighted by Crippen LogP contribution is 2.20. The summed E-state index contributed by atoms with van der Waals surface area (Å²) >= 11 is 0. The SMILES string of the molecule is CCCCNC(=O)c1cc(Nc2ccccc2C(=O)OC)ncn1. The molecule has 1 amide bonds. The molecule has 1 heterocycles. The first-order valence-corrected chi connectivity index (χ1v) is 7.70. The topological polar surface area (TPSA) is 93.2 Å². The van der Waals surface area contributed by atoms with E-state index >= 15 is 0 Å². The molecule has 7 nitrogen and oxygen atoms in total. The molecular formula is C17H20N4O3. The lowest BCUT2D eigenvalue weighted by atomic mass is 10.2. The van der Waals surface area contributed by atoms with Crippen LogP contribution in [-0.4, -0.2) is 35.5 Å². The molecule has 1 aromatic heterocycles. The second-order valence-electron chi connectivity index (χ2n) is 5.06. The number of methoxy groups -OCH3 is 1. The molecule has 0 unspecified atom stereocenters. The highest BCUT2D eigenvalue weighted by Gasteiger charge is 2.13. The normalized spacial score (nSPS) is 10.1. The summed E-state index contributed by atoms with van der Waals surface area (Å²) in [6.07, 6.45) is 3.22. The molecule has 1 aromatic carbocycles. The van der Waals surface area contributed by atoms with Gasteiger partial charge in [0.05, 0.1) is 18.4 Å². The Hall–Kier alpha value is -2.96. The Morgan fingerprint density at radius 3 is 2.75 bits per heavy atom. The van der Waals surface area contributed by atoms with Crippen LogP contribution >= 0.6 is 0 Å². The number of nitrogens with one attached hydrogen (secondary N) is 2. The fourth-order valence-electron chi connectivity index (χ4n) is 2.04. The van der Waals surface area contributed by atoms with Crippen molar-refractivity contribution in [2.75, 3.05) is 19.0 Å². The van der Waals surface area contributed by atoms with Crippen LogP contribution in [0.3, 0.4) is 0 Å². The lowest BCUT2D eigenvalue weighted by Gasteiger charge is -2.10. The fourth-order valence-corrected chi connectivity index (χ4v) is 2.04. The molecule has 7 heteroatoms. The number of aromatic nitrogens is 2. The number of ether oxygens (including phenoxy) is 1. The Morgan fingerprint density at radius 1 is 1.21 bits per heavy atom. The molecule has 2 N–H and O–H groups in total. The quantitative estimate of drug-likeness (QED) is 0.599. The molecule has 0 saturated carbocycles. The average Bonchev–Trinajstić information content (AvgIpc) is 2.62. The predicted octanol–water partition coefficient (Wildman–Crippen LogP) is 2.54. The lowest BCUT2D eigenvalue weighted by Crippen LogP contribution is -2.25. The van der Waals surface area contributed by atoms with E-state index in [1.54, 1.807) is 24.3 Å². The van der Waals surface area contributed by atoms with E-state index in [9.17, 15) is 9.59 Å². The second kappa shape index (κ2) is 8.61. The fraction of sp³-hybridized carbons (Fsp3) is 0.294. The number of unbranched alkanes of at least 4 members (excludes halogenated alkanes) is 1. The van der Waals surface area contributed by atoms with E-state index in [-0.39, 0.29) is 11.6 Å². The molecule has 0 aliphatic carbocycles. The summed E-state index contributed by atoms with van der Waals surface area (Å²) in [6.45, 7) is 2.66.